The summed E-state index contributed by atoms with van der Waals surface area (Å²) in [5, 5.41) is 7.91. The molecule has 1 aliphatic rings. The fourth-order valence-electron chi connectivity index (χ4n) is 3.59. The summed E-state index contributed by atoms with van der Waals surface area (Å²) >= 11 is 6.12. The number of anilines is 2. The van der Waals surface area contributed by atoms with Gasteiger partial charge >= 0.3 is 0 Å². The van der Waals surface area contributed by atoms with E-state index in [4.69, 9.17) is 16.3 Å². The standard InChI is InChI=1S/C23H23ClN2O/c1-27-21-10-5-16(6-11-21)15-25-19-9-7-17-8-12-23(22(17)14-19)26-20-4-2-3-18(24)13-20/h2-7,9-11,13-14,23,25-26H,8,12,15H2,1H3. The lowest BCUT2D eigenvalue weighted by atomic mass is 10.1. The maximum absolute atomic E-state index is 6.12. The summed E-state index contributed by atoms with van der Waals surface area (Å²) in [6, 6.07) is 23.1. The third-order valence-corrected chi connectivity index (χ3v) is 5.28. The monoisotopic (exact) mass is 378 g/mol. The number of hydrogen-bond acceptors (Lipinski definition) is 3. The second kappa shape index (κ2) is 7.93. The molecule has 1 atom stereocenters. The maximum Gasteiger partial charge on any atom is 0.118 e. The fraction of sp³-hybridized carbons (Fsp3) is 0.217. The molecule has 3 aromatic rings. The minimum absolute atomic E-state index is 0.321. The van der Waals surface area contributed by atoms with E-state index in [1.54, 1.807) is 7.11 Å². The van der Waals surface area contributed by atoms with Crippen LogP contribution in [0, 0.1) is 0 Å². The molecule has 0 radical (unpaired) electrons. The van der Waals surface area contributed by atoms with Crippen molar-refractivity contribution in [1.29, 1.82) is 0 Å². The van der Waals surface area contributed by atoms with Crippen LogP contribution in [-0.2, 0) is 13.0 Å². The van der Waals surface area contributed by atoms with Gasteiger partial charge < -0.3 is 15.4 Å². The van der Waals surface area contributed by atoms with E-state index in [9.17, 15) is 0 Å². The van der Waals surface area contributed by atoms with Gasteiger partial charge in [-0.25, -0.2) is 0 Å². The summed E-state index contributed by atoms with van der Waals surface area (Å²) in [5.41, 5.74) is 6.23. The zero-order valence-corrected chi connectivity index (χ0v) is 16.1. The van der Waals surface area contributed by atoms with Gasteiger partial charge in [0.15, 0.2) is 0 Å². The van der Waals surface area contributed by atoms with Gasteiger partial charge in [-0.05, 0) is 72.0 Å². The molecule has 0 amide bonds. The molecule has 0 saturated carbocycles. The Kier molecular flexibility index (Phi) is 5.21. The number of aryl methyl sites for hydroxylation is 1. The Balaban J connectivity index is 1.45. The van der Waals surface area contributed by atoms with Gasteiger partial charge in [0, 0.05) is 22.9 Å². The molecule has 138 valence electrons. The van der Waals surface area contributed by atoms with Gasteiger partial charge in [-0.2, -0.15) is 0 Å². The smallest absolute Gasteiger partial charge is 0.118 e. The van der Waals surface area contributed by atoms with E-state index in [0.29, 0.717) is 6.04 Å². The van der Waals surface area contributed by atoms with Gasteiger partial charge in [0.2, 0.25) is 0 Å². The van der Waals surface area contributed by atoms with E-state index in [0.717, 1.165) is 41.5 Å². The quantitative estimate of drug-likeness (QED) is 0.547. The summed E-state index contributed by atoms with van der Waals surface area (Å²) in [7, 11) is 1.69. The Bertz CT molecular complexity index is 924. The lowest BCUT2D eigenvalue weighted by Gasteiger charge is -2.17. The molecule has 1 aliphatic carbocycles. The molecule has 2 N–H and O–H groups in total. The summed E-state index contributed by atoms with van der Waals surface area (Å²) in [4.78, 5) is 0. The number of hydrogen-bond donors (Lipinski definition) is 2. The highest BCUT2D eigenvalue weighted by Gasteiger charge is 2.22. The van der Waals surface area contributed by atoms with E-state index < -0.39 is 0 Å². The van der Waals surface area contributed by atoms with Crippen LogP contribution in [0.15, 0.2) is 66.7 Å². The van der Waals surface area contributed by atoms with Crippen molar-refractivity contribution in [3.05, 3.63) is 88.4 Å². The fourth-order valence-corrected chi connectivity index (χ4v) is 3.78. The summed E-state index contributed by atoms with van der Waals surface area (Å²) < 4.78 is 5.21. The van der Waals surface area contributed by atoms with E-state index in [2.05, 4.69) is 47.0 Å². The lowest BCUT2D eigenvalue weighted by molar-refractivity contribution is 0.414. The van der Waals surface area contributed by atoms with Crippen LogP contribution < -0.4 is 15.4 Å². The SMILES string of the molecule is COc1ccc(CNc2ccc3c(c2)C(Nc2cccc(Cl)c2)CC3)cc1. The Labute approximate surface area is 165 Å². The molecule has 0 saturated heterocycles. The average Bonchev–Trinajstić information content (AvgIpc) is 3.09. The van der Waals surface area contributed by atoms with Crippen molar-refractivity contribution in [1.82, 2.24) is 0 Å². The summed E-state index contributed by atoms with van der Waals surface area (Å²) in [6.45, 7) is 0.787. The Morgan fingerprint density at radius 3 is 2.63 bits per heavy atom. The normalized spacial score (nSPS) is 15.3. The van der Waals surface area contributed by atoms with Crippen molar-refractivity contribution in [2.24, 2.45) is 0 Å². The first-order valence-corrected chi connectivity index (χ1v) is 9.61. The first-order valence-electron chi connectivity index (χ1n) is 9.23. The summed E-state index contributed by atoms with van der Waals surface area (Å²) in [5.74, 6) is 0.881. The van der Waals surface area contributed by atoms with E-state index in [1.807, 2.05) is 30.3 Å². The molecule has 0 heterocycles. The third-order valence-electron chi connectivity index (χ3n) is 5.04. The minimum Gasteiger partial charge on any atom is -0.497 e. The Morgan fingerprint density at radius 1 is 1.00 bits per heavy atom. The molecule has 3 nitrogen and oxygen atoms in total. The van der Waals surface area contributed by atoms with Gasteiger partial charge in [-0.15, -0.1) is 0 Å². The molecule has 27 heavy (non-hydrogen) atoms. The highest BCUT2D eigenvalue weighted by Crippen LogP contribution is 2.36. The first-order chi connectivity index (χ1) is 13.2. The topological polar surface area (TPSA) is 33.3 Å². The zero-order chi connectivity index (χ0) is 18.6. The molecule has 3 aromatic carbocycles. The lowest BCUT2D eigenvalue weighted by Crippen LogP contribution is -2.07. The van der Waals surface area contributed by atoms with Crippen LogP contribution in [0.3, 0.4) is 0 Å². The van der Waals surface area contributed by atoms with Crippen LogP contribution in [0.25, 0.3) is 0 Å². The van der Waals surface area contributed by atoms with E-state index in [1.165, 1.54) is 16.7 Å². The molecular weight excluding hydrogens is 356 g/mol. The molecular formula is C23H23ClN2O. The van der Waals surface area contributed by atoms with Gasteiger partial charge in [-0.1, -0.05) is 35.9 Å². The summed E-state index contributed by atoms with van der Waals surface area (Å²) in [6.07, 6.45) is 2.20. The Hall–Kier alpha value is -2.65. The van der Waals surface area contributed by atoms with Gasteiger partial charge in [-0.3, -0.25) is 0 Å². The number of benzene rings is 3. The van der Waals surface area contributed by atoms with Crippen LogP contribution in [0.4, 0.5) is 11.4 Å². The predicted octanol–water partition coefficient (Wildman–Crippen LogP) is 6.06. The van der Waals surface area contributed by atoms with E-state index in [-0.39, 0.29) is 0 Å². The number of rotatable bonds is 6. The van der Waals surface area contributed by atoms with Crippen molar-refractivity contribution in [2.45, 2.75) is 25.4 Å². The average molecular weight is 379 g/mol. The molecule has 0 bridgehead atoms. The second-order valence-electron chi connectivity index (χ2n) is 6.86. The van der Waals surface area contributed by atoms with Crippen molar-refractivity contribution >= 4 is 23.0 Å². The van der Waals surface area contributed by atoms with Crippen LogP contribution in [-0.4, -0.2) is 7.11 Å². The zero-order valence-electron chi connectivity index (χ0n) is 15.3. The third kappa shape index (κ3) is 4.20. The van der Waals surface area contributed by atoms with Gasteiger partial charge in [0.1, 0.15) is 5.75 Å². The predicted molar refractivity (Wildman–Crippen MR) is 113 cm³/mol. The molecule has 0 aromatic heterocycles. The van der Waals surface area contributed by atoms with Crippen LogP contribution >= 0.6 is 11.6 Å². The van der Waals surface area contributed by atoms with Crippen LogP contribution in [0.2, 0.25) is 5.02 Å². The largest absolute Gasteiger partial charge is 0.497 e. The van der Waals surface area contributed by atoms with E-state index >= 15 is 0 Å². The van der Waals surface area contributed by atoms with Gasteiger partial charge in [0.25, 0.3) is 0 Å². The minimum atomic E-state index is 0.321. The number of methoxy groups -OCH3 is 1. The highest BCUT2D eigenvalue weighted by atomic mass is 35.5. The maximum atomic E-state index is 6.12. The Morgan fingerprint density at radius 2 is 1.85 bits per heavy atom. The van der Waals surface area contributed by atoms with Crippen molar-refractivity contribution in [2.75, 3.05) is 17.7 Å². The van der Waals surface area contributed by atoms with Crippen molar-refractivity contribution < 1.29 is 4.74 Å². The first kappa shape index (κ1) is 17.7. The second-order valence-corrected chi connectivity index (χ2v) is 7.30. The molecule has 4 rings (SSSR count). The number of ether oxygens (including phenoxy) is 1. The number of nitrogens with one attached hydrogen (secondary N) is 2. The number of fused-ring (bicyclic) bond motifs is 1. The number of halogens is 1. The molecule has 0 spiro atoms. The molecule has 1 unspecified atom stereocenters. The molecule has 4 heteroatoms. The van der Waals surface area contributed by atoms with Crippen molar-refractivity contribution in [3.63, 3.8) is 0 Å². The van der Waals surface area contributed by atoms with Crippen LogP contribution in [0.5, 0.6) is 5.75 Å². The molecule has 0 fully saturated rings. The van der Waals surface area contributed by atoms with Gasteiger partial charge in [0.05, 0.1) is 13.2 Å². The van der Waals surface area contributed by atoms with Crippen LogP contribution in [0.1, 0.15) is 29.2 Å². The molecule has 0 aliphatic heterocycles. The highest BCUT2D eigenvalue weighted by molar-refractivity contribution is 6.30. The van der Waals surface area contributed by atoms with Crippen molar-refractivity contribution in [3.8, 4) is 5.75 Å².